The lowest BCUT2D eigenvalue weighted by molar-refractivity contribution is 0.239. The van der Waals surface area contributed by atoms with Gasteiger partial charge in [0.05, 0.1) is 0 Å². The summed E-state index contributed by atoms with van der Waals surface area (Å²) in [5, 5.41) is 7.25. The average molecular weight is 289 g/mol. The van der Waals surface area contributed by atoms with Gasteiger partial charge >= 0.3 is 0 Å². The molecule has 1 atom stereocenters. The van der Waals surface area contributed by atoms with Gasteiger partial charge in [0.15, 0.2) is 12.4 Å². The number of aryl methyl sites for hydroxylation is 2. The van der Waals surface area contributed by atoms with Crippen LogP contribution in [-0.2, 0) is 6.61 Å². The summed E-state index contributed by atoms with van der Waals surface area (Å²) in [6, 6.07) is 6.49. The fourth-order valence-corrected chi connectivity index (χ4v) is 2.13. The maximum Gasteiger partial charge on any atom is 0.264 e. The number of rotatable bonds is 7. The Hall–Kier alpha value is -1.88. The summed E-state index contributed by atoms with van der Waals surface area (Å²) < 4.78 is 11.0. The van der Waals surface area contributed by atoms with Crippen LogP contribution < -0.4 is 10.1 Å². The second-order valence-electron chi connectivity index (χ2n) is 5.24. The molecular weight excluding hydrogens is 266 g/mol. The number of hydrogen-bond acceptors (Lipinski definition) is 5. The molecule has 0 aliphatic heterocycles. The predicted molar refractivity (Wildman–Crippen MR) is 81.3 cm³/mol. The zero-order chi connectivity index (χ0) is 15.2. The first-order valence-corrected chi connectivity index (χ1v) is 7.36. The maximum absolute atomic E-state index is 5.88. The fourth-order valence-electron chi connectivity index (χ4n) is 2.13. The van der Waals surface area contributed by atoms with Gasteiger partial charge in [0, 0.05) is 11.6 Å². The van der Waals surface area contributed by atoms with Gasteiger partial charge < -0.3 is 14.6 Å². The number of aromatic nitrogens is 2. The Kier molecular flexibility index (Phi) is 5.33. The van der Waals surface area contributed by atoms with Crippen LogP contribution in [0.4, 0.5) is 0 Å². The van der Waals surface area contributed by atoms with Crippen molar-refractivity contribution in [2.75, 3.05) is 6.54 Å². The number of ether oxygens (including phenoxy) is 1. The van der Waals surface area contributed by atoms with Crippen molar-refractivity contribution in [3.8, 4) is 5.75 Å². The third kappa shape index (κ3) is 4.29. The summed E-state index contributed by atoms with van der Waals surface area (Å²) >= 11 is 0. The van der Waals surface area contributed by atoms with Gasteiger partial charge in [0.1, 0.15) is 5.75 Å². The van der Waals surface area contributed by atoms with E-state index in [0.717, 1.165) is 29.8 Å². The molecule has 0 radical (unpaired) electrons. The van der Waals surface area contributed by atoms with E-state index in [1.165, 1.54) is 0 Å². The Morgan fingerprint density at radius 2 is 2.14 bits per heavy atom. The van der Waals surface area contributed by atoms with Gasteiger partial charge in [-0.1, -0.05) is 24.2 Å². The first-order valence-electron chi connectivity index (χ1n) is 7.36. The summed E-state index contributed by atoms with van der Waals surface area (Å²) in [5.41, 5.74) is 2.31. The van der Waals surface area contributed by atoms with Crippen molar-refractivity contribution < 1.29 is 9.26 Å². The Morgan fingerprint density at radius 3 is 2.81 bits per heavy atom. The lowest BCUT2D eigenvalue weighted by Gasteiger charge is -2.18. The topological polar surface area (TPSA) is 60.2 Å². The third-order valence-corrected chi connectivity index (χ3v) is 3.26. The molecule has 1 aromatic heterocycles. The van der Waals surface area contributed by atoms with E-state index in [9.17, 15) is 0 Å². The van der Waals surface area contributed by atoms with E-state index in [2.05, 4.69) is 48.4 Å². The van der Waals surface area contributed by atoms with Gasteiger partial charge in [-0.3, -0.25) is 0 Å². The Bertz CT molecular complexity index is 581. The Morgan fingerprint density at radius 1 is 1.33 bits per heavy atom. The van der Waals surface area contributed by atoms with Crippen LogP contribution >= 0.6 is 0 Å². The van der Waals surface area contributed by atoms with Crippen LogP contribution in [0.3, 0.4) is 0 Å². The van der Waals surface area contributed by atoms with Gasteiger partial charge in [-0.05, 0) is 45.4 Å². The number of nitrogens with zero attached hydrogens (tertiary/aromatic N) is 2. The van der Waals surface area contributed by atoms with Crippen LogP contribution in [0, 0.1) is 13.8 Å². The van der Waals surface area contributed by atoms with E-state index < -0.39 is 0 Å². The molecule has 1 N–H and O–H groups in total. The van der Waals surface area contributed by atoms with E-state index >= 15 is 0 Å². The van der Waals surface area contributed by atoms with Crippen molar-refractivity contribution in [2.24, 2.45) is 0 Å². The highest BCUT2D eigenvalue weighted by molar-refractivity contribution is 5.39. The molecule has 0 aliphatic carbocycles. The van der Waals surface area contributed by atoms with Crippen molar-refractivity contribution in [3.63, 3.8) is 0 Å². The molecule has 0 bridgehead atoms. The molecule has 2 rings (SSSR count). The number of benzene rings is 1. The smallest absolute Gasteiger partial charge is 0.264 e. The first kappa shape index (κ1) is 15.5. The van der Waals surface area contributed by atoms with E-state index in [1.807, 2.05) is 6.07 Å². The maximum atomic E-state index is 5.88. The second kappa shape index (κ2) is 7.22. The molecule has 114 valence electrons. The largest absolute Gasteiger partial charge is 0.483 e. The molecule has 0 aliphatic rings. The number of nitrogens with one attached hydrogen (secondary N) is 1. The minimum atomic E-state index is 0.241. The third-order valence-electron chi connectivity index (χ3n) is 3.26. The monoisotopic (exact) mass is 289 g/mol. The molecule has 1 aromatic carbocycles. The van der Waals surface area contributed by atoms with Crippen LogP contribution in [0.1, 0.15) is 49.2 Å². The molecule has 0 saturated heterocycles. The van der Waals surface area contributed by atoms with Crippen LogP contribution in [0.2, 0.25) is 0 Å². The van der Waals surface area contributed by atoms with Crippen LogP contribution in [0.25, 0.3) is 0 Å². The van der Waals surface area contributed by atoms with E-state index in [1.54, 1.807) is 6.92 Å². The van der Waals surface area contributed by atoms with Crippen molar-refractivity contribution in [1.82, 2.24) is 15.5 Å². The van der Waals surface area contributed by atoms with E-state index in [0.29, 0.717) is 11.7 Å². The summed E-state index contributed by atoms with van der Waals surface area (Å²) in [6.45, 7) is 9.42. The molecule has 0 saturated carbocycles. The number of hydrogen-bond donors (Lipinski definition) is 1. The quantitative estimate of drug-likeness (QED) is 0.847. The fraction of sp³-hybridized carbons (Fsp3) is 0.500. The van der Waals surface area contributed by atoms with Crippen LogP contribution in [0.5, 0.6) is 5.75 Å². The average Bonchev–Trinajstić information content (AvgIpc) is 2.88. The lowest BCUT2D eigenvalue weighted by Crippen LogP contribution is -2.20. The normalized spacial score (nSPS) is 12.4. The molecule has 5 heteroatoms. The SMILES string of the molecule is CCCNC(C)c1ccc(C)cc1OCc1nc(C)no1. The standard InChI is InChI=1S/C16H23N3O2/c1-5-8-17-12(3)14-7-6-11(2)9-15(14)20-10-16-18-13(4)19-21-16/h6-7,9,12,17H,5,8,10H2,1-4H3. The summed E-state index contributed by atoms with van der Waals surface area (Å²) in [4.78, 5) is 4.15. The molecule has 2 aromatic rings. The first-order chi connectivity index (χ1) is 10.1. The van der Waals surface area contributed by atoms with Crippen molar-refractivity contribution in [3.05, 3.63) is 41.0 Å². The molecule has 0 fully saturated rings. The minimum absolute atomic E-state index is 0.241. The highest BCUT2D eigenvalue weighted by Crippen LogP contribution is 2.27. The van der Waals surface area contributed by atoms with Crippen molar-refractivity contribution in [1.29, 1.82) is 0 Å². The lowest BCUT2D eigenvalue weighted by atomic mass is 10.0. The van der Waals surface area contributed by atoms with E-state index in [4.69, 9.17) is 9.26 Å². The molecule has 1 unspecified atom stereocenters. The van der Waals surface area contributed by atoms with Crippen LogP contribution in [-0.4, -0.2) is 16.7 Å². The Labute approximate surface area is 125 Å². The summed E-state index contributed by atoms with van der Waals surface area (Å²) in [6.07, 6.45) is 1.10. The summed E-state index contributed by atoms with van der Waals surface area (Å²) in [7, 11) is 0. The predicted octanol–water partition coefficient (Wildman–Crippen LogP) is 3.33. The summed E-state index contributed by atoms with van der Waals surface area (Å²) in [5.74, 6) is 1.98. The zero-order valence-corrected chi connectivity index (χ0v) is 13.1. The van der Waals surface area contributed by atoms with Crippen molar-refractivity contribution in [2.45, 2.75) is 46.8 Å². The highest BCUT2D eigenvalue weighted by Gasteiger charge is 2.13. The zero-order valence-electron chi connectivity index (χ0n) is 13.1. The van der Waals surface area contributed by atoms with Gasteiger partial charge in [0.2, 0.25) is 0 Å². The second-order valence-corrected chi connectivity index (χ2v) is 5.24. The van der Waals surface area contributed by atoms with Crippen molar-refractivity contribution >= 4 is 0 Å². The molecule has 21 heavy (non-hydrogen) atoms. The minimum Gasteiger partial charge on any atom is -0.483 e. The van der Waals surface area contributed by atoms with Crippen LogP contribution in [0.15, 0.2) is 22.7 Å². The van der Waals surface area contributed by atoms with Gasteiger partial charge in [0.25, 0.3) is 5.89 Å². The van der Waals surface area contributed by atoms with E-state index in [-0.39, 0.29) is 12.6 Å². The molecule has 1 heterocycles. The van der Waals surface area contributed by atoms with Gasteiger partial charge in [-0.15, -0.1) is 0 Å². The molecular formula is C16H23N3O2. The highest BCUT2D eigenvalue weighted by atomic mass is 16.5. The molecule has 0 amide bonds. The van der Waals surface area contributed by atoms with Gasteiger partial charge in [-0.2, -0.15) is 4.98 Å². The Balaban J connectivity index is 2.10. The molecule has 5 nitrogen and oxygen atoms in total. The molecule has 0 spiro atoms. The van der Waals surface area contributed by atoms with Gasteiger partial charge in [-0.25, -0.2) is 0 Å².